The lowest BCUT2D eigenvalue weighted by molar-refractivity contribution is -0.116. The molecular formula is C16H18O2. The Morgan fingerprint density at radius 3 is 2.44 bits per heavy atom. The molecule has 0 atom stereocenters. The van der Waals surface area contributed by atoms with Gasteiger partial charge in [0.25, 0.3) is 0 Å². The summed E-state index contributed by atoms with van der Waals surface area (Å²) < 4.78 is 0. The minimum Gasteiger partial charge on any atom is -0.298 e. The molecule has 0 fully saturated rings. The summed E-state index contributed by atoms with van der Waals surface area (Å²) >= 11 is 0. The number of rotatable bonds is 2. The normalized spacial score (nSPS) is 18.9. The minimum absolute atomic E-state index is 0.0286. The van der Waals surface area contributed by atoms with Crippen LogP contribution in [0.2, 0.25) is 0 Å². The summed E-state index contributed by atoms with van der Waals surface area (Å²) in [5.74, 6) is 0.151. The smallest absolute Gasteiger partial charge is 0.163 e. The van der Waals surface area contributed by atoms with E-state index in [-0.39, 0.29) is 11.2 Å². The largest absolute Gasteiger partial charge is 0.298 e. The number of allylic oxidation sites excluding steroid dienone is 2. The van der Waals surface area contributed by atoms with E-state index < -0.39 is 0 Å². The Morgan fingerprint density at radius 1 is 1.17 bits per heavy atom. The van der Waals surface area contributed by atoms with E-state index >= 15 is 0 Å². The molecule has 0 amide bonds. The van der Waals surface area contributed by atoms with Crippen molar-refractivity contribution in [2.24, 2.45) is 5.41 Å². The number of aldehydes is 1. The summed E-state index contributed by atoms with van der Waals surface area (Å²) in [5, 5.41) is 0. The monoisotopic (exact) mass is 242 g/mol. The molecule has 94 valence electrons. The molecule has 0 N–H and O–H groups in total. The molecule has 2 rings (SSSR count). The third-order valence-electron chi connectivity index (χ3n) is 3.45. The highest BCUT2D eigenvalue weighted by Crippen LogP contribution is 2.40. The molecule has 1 aromatic rings. The second-order valence-electron chi connectivity index (χ2n) is 5.80. The zero-order valence-electron chi connectivity index (χ0n) is 11.1. The zero-order valence-corrected chi connectivity index (χ0v) is 11.1. The maximum absolute atomic E-state index is 12.3. The Kier molecular flexibility index (Phi) is 3.20. The number of benzene rings is 1. The summed E-state index contributed by atoms with van der Waals surface area (Å²) in [5.41, 5.74) is 3.24. The predicted molar refractivity (Wildman–Crippen MR) is 72.4 cm³/mol. The van der Waals surface area contributed by atoms with Gasteiger partial charge >= 0.3 is 0 Å². The van der Waals surface area contributed by atoms with Crippen LogP contribution in [0.4, 0.5) is 0 Å². The van der Waals surface area contributed by atoms with Crippen LogP contribution in [-0.4, -0.2) is 12.1 Å². The Bertz CT molecular complexity index is 536. The molecule has 0 aromatic heterocycles. The number of ketones is 1. The fourth-order valence-corrected chi connectivity index (χ4v) is 2.84. The molecule has 0 saturated heterocycles. The molecule has 0 unspecified atom stereocenters. The standard InChI is InChI=1S/C16H18O2/c1-11-8-16(2,3)9-14(18)15(11)13-7-5-4-6-12(13)10-17/h4-7,10H,8-9H2,1-3H3. The van der Waals surface area contributed by atoms with Crippen LogP contribution in [-0.2, 0) is 4.79 Å². The summed E-state index contributed by atoms with van der Waals surface area (Å²) in [6.45, 7) is 6.21. The van der Waals surface area contributed by atoms with Gasteiger partial charge in [0.2, 0.25) is 0 Å². The van der Waals surface area contributed by atoms with E-state index in [0.717, 1.165) is 29.4 Å². The molecule has 0 spiro atoms. The number of hydrogen-bond donors (Lipinski definition) is 0. The van der Waals surface area contributed by atoms with Crippen LogP contribution in [0.25, 0.3) is 5.57 Å². The number of Topliss-reactive ketones (excluding diaryl/α,β-unsaturated/α-hetero) is 1. The molecule has 1 aliphatic carbocycles. The number of carbonyl (C=O) groups is 2. The van der Waals surface area contributed by atoms with Gasteiger partial charge in [-0.05, 0) is 24.3 Å². The van der Waals surface area contributed by atoms with Crippen molar-refractivity contribution in [3.8, 4) is 0 Å². The van der Waals surface area contributed by atoms with Crippen LogP contribution < -0.4 is 0 Å². The summed E-state index contributed by atoms with van der Waals surface area (Å²) in [6.07, 6.45) is 2.27. The fourth-order valence-electron chi connectivity index (χ4n) is 2.84. The highest BCUT2D eigenvalue weighted by Gasteiger charge is 2.32. The van der Waals surface area contributed by atoms with Gasteiger partial charge in [-0.3, -0.25) is 9.59 Å². The maximum Gasteiger partial charge on any atom is 0.163 e. The van der Waals surface area contributed by atoms with E-state index in [1.54, 1.807) is 6.07 Å². The average molecular weight is 242 g/mol. The van der Waals surface area contributed by atoms with Crippen molar-refractivity contribution in [3.63, 3.8) is 0 Å². The van der Waals surface area contributed by atoms with Gasteiger partial charge in [0.05, 0.1) is 0 Å². The third kappa shape index (κ3) is 2.28. The van der Waals surface area contributed by atoms with Crippen LogP contribution in [0.5, 0.6) is 0 Å². The minimum atomic E-state index is 0.0286. The van der Waals surface area contributed by atoms with Crippen molar-refractivity contribution >= 4 is 17.6 Å². The van der Waals surface area contributed by atoms with Crippen LogP contribution in [0.1, 0.15) is 49.5 Å². The lowest BCUT2D eigenvalue weighted by Gasteiger charge is -2.31. The molecule has 0 bridgehead atoms. The van der Waals surface area contributed by atoms with E-state index in [9.17, 15) is 9.59 Å². The summed E-state index contributed by atoms with van der Waals surface area (Å²) in [4.78, 5) is 23.4. The first-order valence-electron chi connectivity index (χ1n) is 6.22. The van der Waals surface area contributed by atoms with E-state index in [1.165, 1.54) is 0 Å². The highest BCUT2D eigenvalue weighted by atomic mass is 16.1. The topological polar surface area (TPSA) is 34.1 Å². The van der Waals surface area contributed by atoms with Gasteiger partial charge in [-0.1, -0.05) is 43.7 Å². The van der Waals surface area contributed by atoms with Gasteiger partial charge in [-0.2, -0.15) is 0 Å². The van der Waals surface area contributed by atoms with Gasteiger partial charge in [-0.15, -0.1) is 0 Å². The Balaban J connectivity index is 2.56. The van der Waals surface area contributed by atoms with Crippen molar-refractivity contribution in [1.29, 1.82) is 0 Å². The third-order valence-corrected chi connectivity index (χ3v) is 3.45. The van der Waals surface area contributed by atoms with E-state index in [4.69, 9.17) is 0 Å². The Hall–Kier alpha value is -1.70. The first-order valence-corrected chi connectivity index (χ1v) is 6.22. The molecule has 0 saturated carbocycles. The molecule has 0 aliphatic heterocycles. The first-order chi connectivity index (χ1) is 8.44. The van der Waals surface area contributed by atoms with Crippen molar-refractivity contribution in [3.05, 3.63) is 41.0 Å². The van der Waals surface area contributed by atoms with E-state index in [2.05, 4.69) is 13.8 Å². The van der Waals surface area contributed by atoms with E-state index in [0.29, 0.717) is 12.0 Å². The average Bonchev–Trinajstić information content (AvgIpc) is 2.27. The van der Waals surface area contributed by atoms with Crippen molar-refractivity contribution < 1.29 is 9.59 Å². The molecule has 1 aromatic carbocycles. The lowest BCUT2D eigenvalue weighted by Crippen LogP contribution is -2.24. The Labute approximate surface area is 108 Å². The molecule has 2 heteroatoms. The molecule has 0 heterocycles. The van der Waals surface area contributed by atoms with Crippen molar-refractivity contribution in [2.45, 2.75) is 33.6 Å². The van der Waals surface area contributed by atoms with E-state index in [1.807, 2.05) is 25.1 Å². The second kappa shape index (κ2) is 4.52. The second-order valence-corrected chi connectivity index (χ2v) is 5.80. The zero-order chi connectivity index (χ0) is 13.3. The molecule has 18 heavy (non-hydrogen) atoms. The fraction of sp³-hybridized carbons (Fsp3) is 0.375. The Morgan fingerprint density at radius 2 is 1.83 bits per heavy atom. The SMILES string of the molecule is CC1=C(c2ccccc2C=O)C(=O)CC(C)(C)C1. The highest BCUT2D eigenvalue weighted by molar-refractivity contribution is 6.23. The van der Waals surface area contributed by atoms with Gasteiger partial charge in [0.15, 0.2) is 12.1 Å². The summed E-state index contributed by atoms with van der Waals surface area (Å²) in [6, 6.07) is 7.31. The number of hydrogen-bond acceptors (Lipinski definition) is 2. The summed E-state index contributed by atoms with van der Waals surface area (Å²) in [7, 11) is 0. The van der Waals surface area contributed by atoms with Gasteiger partial charge in [-0.25, -0.2) is 0 Å². The van der Waals surface area contributed by atoms with Crippen LogP contribution in [0.3, 0.4) is 0 Å². The van der Waals surface area contributed by atoms with Gasteiger partial charge < -0.3 is 0 Å². The van der Waals surface area contributed by atoms with Crippen molar-refractivity contribution in [1.82, 2.24) is 0 Å². The van der Waals surface area contributed by atoms with Crippen LogP contribution in [0.15, 0.2) is 29.8 Å². The quantitative estimate of drug-likeness (QED) is 0.742. The molecule has 0 radical (unpaired) electrons. The molecule has 2 nitrogen and oxygen atoms in total. The lowest BCUT2D eigenvalue weighted by atomic mass is 9.72. The molecular weight excluding hydrogens is 224 g/mol. The molecule has 1 aliphatic rings. The predicted octanol–water partition coefficient (Wildman–Crippen LogP) is 3.66. The number of carbonyl (C=O) groups excluding carboxylic acids is 2. The van der Waals surface area contributed by atoms with Crippen LogP contribution in [0, 0.1) is 5.41 Å². The van der Waals surface area contributed by atoms with Crippen LogP contribution >= 0.6 is 0 Å². The van der Waals surface area contributed by atoms with Gasteiger partial charge in [0, 0.05) is 17.6 Å². The first kappa shape index (κ1) is 12.7. The maximum atomic E-state index is 12.3. The van der Waals surface area contributed by atoms with Gasteiger partial charge in [0.1, 0.15) is 0 Å². The van der Waals surface area contributed by atoms with Crippen molar-refractivity contribution in [2.75, 3.05) is 0 Å².